The van der Waals surface area contributed by atoms with Crippen molar-refractivity contribution in [2.24, 2.45) is 0 Å². The molecule has 0 aliphatic carbocycles. The predicted octanol–water partition coefficient (Wildman–Crippen LogP) is 2.33. The van der Waals surface area contributed by atoms with Gasteiger partial charge in [-0.05, 0) is 38.0 Å². The largest absolute Gasteiger partial charge is 0.465 e. The zero-order valence-electron chi connectivity index (χ0n) is 14.2. The minimum atomic E-state index is -0.479. The number of carbonyl (C=O) groups excluding carboxylic acids is 1. The highest BCUT2D eigenvalue weighted by molar-refractivity contribution is 7.99. The van der Waals surface area contributed by atoms with Gasteiger partial charge in [-0.1, -0.05) is 6.42 Å². The van der Waals surface area contributed by atoms with Crippen LogP contribution < -0.4 is 5.69 Å². The minimum Gasteiger partial charge on any atom is -0.465 e. The van der Waals surface area contributed by atoms with E-state index < -0.39 is 11.7 Å². The van der Waals surface area contributed by atoms with E-state index in [0.29, 0.717) is 16.3 Å². The van der Waals surface area contributed by atoms with Gasteiger partial charge in [-0.15, -0.1) is 11.8 Å². The summed E-state index contributed by atoms with van der Waals surface area (Å²) in [4.78, 5) is 29.8. The zero-order chi connectivity index (χ0) is 17.5. The molecule has 2 aromatic heterocycles. The number of aryl methyl sites for hydroxylation is 3. The molecule has 0 radical (unpaired) electrons. The predicted molar refractivity (Wildman–Crippen MR) is 92.5 cm³/mol. The summed E-state index contributed by atoms with van der Waals surface area (Å²) in [5.41, 5.74) is 1.54. The standard InChI is InChI=1S/C16H22N4O3S/c1-11-9-17-20(10-11)7-5-4-6-8-24-14-13(15(21)23-3)12(2)18-16(22)19-14/h9-10H,4-8H2,1-3H3,(H,18,19,22). The number of carbonyl (C=O) groups is 1. The molecular weight excluding hydrogens is 328 g/mol. The monoisotopic (exact) mass is 350 g/mol. The number of methoxy groups -OCH3 is 1. The molecule has 2 heterocycles. The summed E-state index contributed by atoms with van der Waals surface area (Å²) in [7, 11) is 1.32. The van der Waals surface area contributed by atoms with Crippen molar-refractivity contribution in [3.05, 3.63) is 39.7 Å². The first-order valence-electron chi connectivity index (χ1n) is 7.82. The van der Waals surface area contributed by atoms with Gasteiger partial charge in [0.05, 0.1) is 13.3 Å². The molecule has 24 heavy (non-hydrogen) atoms. The van der Waals surface area contributed by atoms with Crippen molar-refractivity contribution in [3.8, 4) is 0 Å². The molecule has 0 aromatic carbocycles. The third-order valence-corrected chi connectivity index (χ3v) is 4.57. The lowest BCUT2D eigenvalue weighted by Crippen LogP contribution is -2.19. The maximum Gasteiger partial charge on any atom is 0.346 e. The number of nitrogens with one attached hydrogen (secondary N) is 1. The topological polar surface area (TPSA) is 89.9 Å². The van der Waals surface area contributed by atoms with E-state index in [0.717, 1.165) is 37.1 Å². The zero-order valence-corrected chi connectivity index (χ0v) is 15.0. The van der Waals surface area contributed by atoms with Crippen LogP contribution in [0.5, 0.6) is 0 Å². The Labute approximate surface area is 144 Å². The van der Waals surface area contributed by atoms with Gasteiger partial charge in [0, 0.05) is 18.4 Å². The van der Waals surface area contributed by atoms with Crippen LogP contribution in [-0.4, -0.2) is 38.6 Å². The lowest BCUT2D eigenvalue weighted by molar-refractivity contribution is 0.0594. The van der Waals surface area contributed by atoms with Crippen LogP contribution in [-0.2, 0) is 11.3 Å². The third kappa shape index (κ3) is 4.95. The van der Waals surface area contributed by atoms with Crippen molar-refractivity contribution in [1.82, 2.24) is 19.7 Å². The van der Waals surface area contributed by atoms with Crippen molar-refractivity contribution in [1.29, 1.82) is 0 Å². The quantitative estimate of drug-likeness (QED) is 0.340. The fourth-order valence-electron chi connectivity index (χ4n) is 2.32. The van der Waals surface area contributed by atoms with Crippen LogP contribution in [0.4, 0.5) is 0 Å². The summed E-state index contributed by atoms with van der Waals surface area (Å²) >= 11 is 1.42. The van der Waals surface area contributed by atoms with Crippen LogP contribution in [0.1, 0.15) is 40.9 Å². The third-order valence-electron chi connectivity index (χ3n) is 3.51. The van der Waals surface area contributed by atoms with Crippen molar-refractivity contribution >= 4 is 17.7 Å². The molecule has 2 rings (SSSR count). The molecule has 2 aromatic rings. The van der Waals surface area contributed by atoms with Crippen molar-refractivity contribution in [2.75, 3.05) is 12.9 Å². The summed E-state index contributed by atoms with van der Waals surface area (Å²) in [6, 6.07) is 0. The molecule has 7 nitrogen and oxygen atoms in total. The second-order valence-electron chi connectivity index (χ2n) is 5.53. The van der Waals surface area contributed by atoms with E-state index >= 15 is 0 Å². The van der Waals surface area contributed by atoms with E-state index in [1.165, 1.54) is 18.9 Å². The molecular formula is C16H22N4O3S. The second-order valence-corrected chi connectivity index (χ2v) is 6.61. The Hall–Kier alpha value is -2.09. The van der Waals surface area contributed by atoms with Gasteiger partial charge < -0.3 is 9.72 Å². The number of aromatic amines is 1. The molecule has 0 aliphatic rings. The van der Waals surface area contributed by atoms with Crippen molar-refractivity contribution in [3.63, 3.8) is 0 Å². The number of hydrogen-bond acceptors (Lipinski definition) is 6. The minimum absolute atomic E-state index is 0.342. The average Bonchev–Trinajstić information content (AvgIpc) is 2.95. The highest BCUT2D eigenvalue weighted by Gasteiger charge is 2.18. The number of unbranched alkanes of at least 4 members (excludes halogenated alkanes) is 2. The molecule has 0 atom stereocenters. The fourth-order valence-corrected chi connectivity index (χ4v) is 3.39. The molecule has 0 amide bonds. The first kappa shape index (κ1) is 18.3. The summed E-state index contributed by atoms with van der Waals surface area (Å²) in [6.07, 6.45) is 6.93. The number of aromatic nitrogens is 4. The first-order valence-corrected chi connectivity index (χ1v) is 8.81. The van der Waals surface area contributed by atoms with E-state index in [2.05, 4.69) is 15.1 Å². The summed E-state index contributed by atoms with van der Waals surface area (Å²) in [6.45, 7) is 4.59. The summed E-state index contributed by atoms with van der Waals surface area (Å²) in [5.74, 6) is 0.311. The van der Waals surface area contributed by atoms with Gasteiger partial charge in [0.1, 0.15) is 10.6 Å². The molecule has 1 N–H and O–H groups in total. The molecule has 0 aliphatic heterocycles. The van der Waals surface area contributed by atoms with Gasteiger partial charge in [0.15, 0.2) is 0 Å². The smallest absolute Gasteiger partial charge is 0.346 e. The lowest BCUT2D eigenvalue weighted by Gasteiger charge is -2.08. The van der Waals surface area contributed by atoms with E-state index in [1.807, 2.05) is 24.0 Å². The Bertz CT molecular complexity index is 754. The molecule has 0 saturated carbocycles. The molecule has 0 unspecified atom stereocenters. The Morgan fingerprint density at radius 2 is 2.12 bits per heavy atom. The maximum atomic E-state index is 11.9. The molecule has 130 valence electrons. The molecule has 0 bridgehead atoms. The first-order chi connectivity index (χ1) is 11.5. The van der Waals surface area contributed by atoms with Crippen molar-refractivity contribution < 1.29 is 9.53 Å². The summed E-state index contributed by atoms with van der Waals surface area (Å²) in [5, 5.41) is 4.69. The number of rotatable bonds is 8. The average molecular weight is 350 g/mol. The van der Waals surface area contributed by atoms with E-state index in [1.54, 1.807) is 6.92 Å². The fraction of sp³-hybridized carbons (Fsp3) is 0.500. The van der Waals surface area contributed by atoms with Gasteiger partial charge in [-0.2, -0.15) is 10.1 Å². The van der Waals surface area contributed by atoms with E-state index in [9.17, 15) is 9.59 Å². The van der Waals surface area contributed by atoms with Gasteiger partial charge in [-0.3, -0.25) is 4.68 Å². The number of thioether (sulfide) groups is 1. The van der Waals surface area contributed by atoms with Gasteiger partial charge in [0.25, 0.3) is 0 Å². The van der Waals surface area contributed by atoms with Gasteiger partial charge in [0.2, 0.25) is 0 Å². The number of H-pyrrole nitrogens is 1. The van der Waals surface area contributed by atoms with Crippen LogP contribution >= 0.6 is 11.8 Å². The number of nitrogens with zero attached hydrogens (tertiary/aromatic N) is 3. The van der Waals surface area contributed by atoms with Crippen LogP contribution in [0.3, 0.4) is 0 Å². The molecule has 8 heteroatoms. The lowest BCUT2D eigenvalue weighted by atomic mass is 10.2. The Morgan fingerprint density at radius 3 is 2.79 bits per heavy atom. The van der Waals surface area contributed by atoms with Crippen LogP contribution in [0.15, 0.2) is 22.2 Å². The van der Waals surface area contributed by atoms with E-state index in [4.69, 9.17) is 4.74 Å². The Kier molecular flexibility index (Phi) is 6.60. The molecule has 0 fully saturated rings. The van der Waals surface area contributed by atoms with Crippen LogP contribution in [0, 0.1) is 13.8 Å². The molecule has 0 spiro atoms. The van der Waals surface area contributed by atoms with Crippen LogP contribution in [0.25, 0.3) is 0 Å². The number of hydrogen-bond donors (Lipinski definition) is 1. The van der Waals surface area contributed by atoms with Crippen molar-refractivity contribution in [2.45, 2.75) is 44.7 Å². The van der Waals surface area contributed by atoms with Crippen LogP contribution in [0.2, 0.25) is 0 Å². The second kappa shape index (κ2) is 8.68. The highest BCUT2D eigenvalue weighted by atomic mass is 32.2. The SMILES string of the molecule is COC(=O)c1c(SCCCCCn2cc(C)cn2)nc(=O)[nH]c1C. The van der Waals surface area contributed by atoms with Gasteiger partial charge >= 0.3 is 11.7 Å². The maximum absolute atomic E-state index is 11.9. The number of esters is 1. The van der Waals surface area contributed by atoms with E-state index in [-0.39, 0.29) is 0 Å². The van der Waals surface area contributed by atoms with Gasteiger partial charge in [-0.25, -0.2) is 9.59 Å². The molecule has 0 saturated heterocycles. The normalized spacial score (nSPS) is 10.8. The Balaban J connectivity index is 1.83. The summed E-state index contributed by atoms with van der Waals surface area (Å²) < 4.78 is 6.71. The highest BCUT2D eigenvalue weighted by Crippen LogP contribution is 2.23. The number of ether oxygens (including phenoxy) is 1. The Morgan fingerprint density at radius 1 is 1.33 bits per heavy atom.